The molecule has 0 saturated heterocycles. The SMILES string of the molecule is Cc1ccc(C(N)=O)cc1NC(=O)Cc1cccs1. The topological polar surface area (TPSA) is 72.2 Å². The Balaban J connectivity index is 2.11. The number of nitrogens with two attached hydrogens (primary N) is 1. The highest BCUT2D eigenvalue weighted by molar-refractivity contribution is 7.10. The largest absolute Gasteiger partial charge is 0.366 e. The van der Waals surface area contributed by atoms with Crippen LogP contribution in [0.5, 0.6) is 0 Å². The summed E-state index contributed by atoms with van der Waals surface area (Å²) >= 11 is 1.54. The van der Waals surface area contributed by atoms with Crippen LogP contribution in [0.2, 0.25) is 0 Å². The van der Waals surface area contributed by atoms with Crippen molar-refractivity contribution in [3.05, 3.63) is 51.7 Å². The minimum atomic E-state index is -0.506. The Kier molecular flexibility index (Phi) is 3.97. The smallest absolute Gasteiger partial charge is 0.248 e. The zero-order valence-electron chi connectivity index (χ0n) is 10.5. The lowest BCUT2D eigenvalue weighted by molar-refractivity contribution is -0.115. The molecule has 0 radical (unpaired) electrons. The Morgan fingerprint density at radius 2 is 2.11 bits per heavy atom. The van der Waals surface area contributed by atoms with Gasteiger partial charge in [-0.25, -0.2) is 0 Å². The number of rotatable bonds is 4. The Hall–Kier alpha value is -2.14. The van der Waals surface area contributed by atoms with Gasteiger partial charge < -0.3 is 11.1 Å². The van der Waals surface area contributed by atoms with Crippen molar-refractivity contribution in [3.8, 4) is 0 Å². The summed E-state index contributed by atoms with van der Waals surface area (Å²) in [7, 11) is 0. The molecule has 0 bridgehead atoms. The number of carbonyl (C=O) groups is 2. The van der Waals surface area contributed by atoms with E-state index in [0.717, 1.165) is 10.4 Å². The number of anilines is 1. The minimum absolute atomic E-state index is 0.104. The van der Waals surface area contributed by atoms with E-state index >= 15 is 0 Å². The van der Waals surface area contributed by atoms with Crippen molar-refractivity contribution in [2.24, 2.45) is 5.73 Å². The summed E-state index contributed by atoms with van der Waals surface area (Å²) in [5.41, 5.74) is 7.13. The first-order valence-corrected chi connectivity index (χ1v) is 6.67. The molecule has 19 heavy (non-hydrogen) atoms. The third kappa shape index (κ3) is 3.42. The molecule has 4 nitrogen and oxygen atoms in total. The minimum Gasteiger partial charge on any atom is -0.366 e. The number of hydrogen-bond acceptors (Lipinski definition) is 3. The molecule has 2 rings (SSSR count). The summed E-state index contributed by atoms with van der Waals surface area (Å²) in [5.74, 6) is -0.610. The Bertz CT molecular complexity index is 606. The molecule has 5 heteroatoms. The third-order valence-corrected chi connectivity index (χ3v) is 3.59. The Labute approximate surface area is 115 Å². The second-order valence-corrected chi connectivity index (χ2v) is 5.23. The molecule has 0 unspecified atom stereocenters. The van der Waals surface area contributed by atoms with E-state index in [4.69, 9.17) is 5.73 Å². The summed E-state index contributed by atoms with van der Waals surface area (Å²) in [5, 5.41) is 4.74. The van der Waals surface area contributed by atoms with Crippen LogP contribution in [0.15, 0.2) is 35.7 Å². The van der Waals surface area contributed by atoms with E-state index in [1.165, 1.54) is 11.3 Å². The quantitative estimate of drug-likeness (QED) is 0.898. The lowest BCUT2D eigenvalue weighted by Crippen LogP contribution is -2.16. The summed E-state index contributed by atoms with van der Waals surface area (Å²) in [4.78, 5) is 24.0. The van der Waals surface area contributed by atoms with Crippen LogP contribution in [0, 0.1) is 6.92 Å². The highest BCUT2D eigenvalue weighted by Gasteiger charge is 2.09. The number of aryl methyl sites for hydroxylation is 1. The van der Waals surface area contributed by atoms with E-state index in [9.17, 15) is 9.59 Å². The third-order valence-electron chi connectivity index (χ3n) is 2.71. The van der Waals surface area contributed by atoms with Crippen molar-refractivity contribution in [1.29, 1.82) is 0 Å². The first-order valence-electron chi connectivity index (χ1n) is 5.79. The standard InChI is InChI=1S/C14H14N2O2S/c1-9-4-5-10(14(15)18)7-12(9)16-13(17)8-11-3-2-6-19-11/h2-7H,8H2,1H3,(H2,15,18)(H,16,17). The number of nitrogens with one attached hydrogen (secondary N) is 1. The number of hydrogen-bond donors (Lipinski definition) is 2. The Morgan fingerprint density at radius 1 is 1.32 bits per heavy atom. The average molecular weight is 274 g/mol. The molecule has 0 aliphatic rings. The lowest BCUT2D eigenvalue weighted by atomic mass is 10.1. The number of primary amides is 1. The van der Waals surface area contributed by atoms with Crippen molar-refractivity contribution < 1.29 is 9.59 Å². The van der Waals surface area contributed by atoms with E-state index in [2.05, 4.69) is 5.32 Å². The van der Waals surface area contributed by atoms with E-state index in [0.29, 0.717) is 17.7 Å². The predicted octanol–water partition coefficient (Wildman–Crippen LogP) is 2.34. The predicted molar refractivity (Wildman–Crippen MR) is 76.3 cm³/mol. The molecule has 0 spiro atoms. The van der Waals surface area contributed by atoms with Crippen molar-refractivity contribution in [1.82, 2.24) is 0 Å². The highest BCUT2D eigenvalue weighted by atomic mass is 32.1. The van der Waals surface area contributed by atoms with Gasteiger partial charge in [-0.15, -0.1) is 11.3 Å². The summed E-state index contributed by atoms with van der Waals surface area (Å²) < 4.78 is 0. The van der Waals surface area contributed by atoms with Crippen LogP contribution in [0.1, 0.15) is 20.8 Å². The number of amides is 2. The molecule has 1 aromatic heterocycles. The first kappa shape index (κ1) is 13.3. The van der Waals surface area contributed by atoms with Gasteiger partial charge >= 0.3 is 0 Å². The fourth-order valence-corrected chi connectivity index (χ4v) is 2.38. The van der Waals surface area contributed by atoms with Crippen LogP contribution in [0.25, 0.3) is 0 Å². The van der Waals surface area contributed by atoms with E-state index in [1.807, 2.05) is 24.4 Å². The van der Waals surface area contributed by atoms with E-state index in [1.54, 1.807) is 18.2 Å². The van der Waals surface area contributed by atoms with Crippen LogP contribution in [-0.2, 0) is 11.2 Å². The summed E-state index contributed by atoms with van der Waals surface area (Å²) in [6, 6.07) is 8.83. The molecule has 0 aliphatic carbocycles. The number of carbonyl (C=O) groups excluding carboxylic acids is 2. The van der Waals surface area contributed by atoms with Crippen LogP contribution in [-0.4, -0.2) is 11.8 Å². The van der Waals surface area contributed by atoms with Crippen molar-refractivity contribution in [2.45, 2.75) is 13.3 Å². The highest BCUT2D eigenvalue weighted by Crippen LogP contribution is 2.18. The molecule has 0 fully saturated rings. The van der Waals surface area contributed by atoms with Gasteiger partial charge in [-0.2, -0.15) is 0 Å². The van der Waals surface area contributed by atoms with Crippen molar-refractivity contribution in [3.63, 3.8) is 0 Å². The zero-order valence-corrected chi connectivity index (χ0v) is 11.3. The molecule has 2 aromatic rings. The van der Waals surface area contributed by atoms with E-state index in [-0.39, 0.29) is 5.91 Å². The number of thiophene rings is 1. The van der Waals surface area contributed by atoms with Gasteiger partial charge in [-0.05, 0) is 36.1 Å². The van der Waals surface area contributed by atoms with Crippen LogP contribution >= 0.6 is 11.3 Å². The fourth-order valence-electron chi connectivity index (χ4n) is 1.68. The van der Waals surface area contributed by atoms with E-state index < -0.39 is 5.91 Å². The first-order chi connectivity index (χ1) is 9.06. The van der Waals surface area contributed by atoms with Gasteiger partial charge in [0, 0.05) is 16.1 Å². The van der Waals surface area contributed by atoms with Crippen LogP contribution in [0.3, 0.4) is 0 Å². The second kappa shape index (κ2) is 5.67. The van der Waals surface area contributed by atoms with Gasteiger partial charge in [0.05, 0.1) is 6.42 Å². The zero-order chi connectivity index (χ0) is 13.8. The molecule has 0 saturated carbocycles. The monoisotopic (exact) mass is 274 g/mol. The molecule has 2 amide bonds. The molecular formula is C14H14N2O2S. The maximum atomic E-state index is 11.9. The van der Waals surface area contributed by atoms with Gasteiger partial charge in [0.25, 0.3) is 0 Å². The van der Waals surface area contributed by atoms with Crippen molar-refractivity contribution >= 4 is 28.8 Å². The molecule has 98 valence electrons. The molecule has 0 atom stereocenters. The second-order valence-electron chi connectivity index (χ2n) is 4.20. The molecule has 3 N–H and O–H groups in total. The fraction of sp³-hybridized carbons (Fsp3) is 0.143. The van der Waals surface area contributed by atoms with Gasteiger partial charge in [-0.3, -0.25) is 9.59 Å². The van der Waals surface area contributed by atoms with Gasteiger partial charge in [-0.1, -0.05) is 12.1 Å². The van der Waals surface area contributed by atoms with Gasteiger partial charge in [0.1, 0.15) is 0 Å². The summed E-state index contributed by atoms with van der Waals surface area (Å²) in [6.45, 7) is 1.87. The van der Waals surface area contributed by atoms with Crippen LogP contribution < -0.4 is 11.1 Å². The molecule has 0 aliphatic heterocycles. The summed E-state index contributed by atoms with van der Waals surface area (Å²) in [6.07, 6.45) is 0.331. The maximum Gasteiger partial charge on any atom is 0.248 e. The molecular weight excluding hydrogens is 260 g/mol. The lowest BCUT2D eigenvalue weighted by Gasteiger charge is -2.09. The van der Waals surface area contributed by atoms with Crippen LogP contribution in [0.4, 0.5) is 5.69 Å². The number of benzene rings is 1. The van der Waals surface area contributed by atoms with Gasteiger partial charge in [0.2, 0.25) is 11.8 Å². The molecule has 1 heterocycles. The van der Waals surface area contributed by atoms with Crippen molar-refractivity contribution in [2.75, 3.05) is 5.32 Å². The maximum absolute atomic E-state index is 11.9. The molecule has 1 aromatic carbocycles. The Morgan fingerprint density at radius 3 is 2.74 bits per heavy atom. The van der Waals surface area contributed by atoms with Gasteiger partial charge in [0.15, 0.2) is 0 Å². The normalized spacial score (nSPS) is 10.2. The average Bonchev–Trinajstić information content (AvgIpc) is 2.84.